The molecule has 2 fully saturated rings. The van der Waals surface area contributed by atoms with Gasteiger partial charge in [-0.1, -0.05) is 6.07 Å². The zero-order valence-electron chi connectivity index (χ0n) is 14.7. The molecule has 1 aliphatic heterocycles. The molecular formula is C19H24N4O3. The first-order valence-electron chi connectivity index (χ1n) is 9.11. The lowest BCUT2D eigenvalue weighted by atomic mass is 10.0. The first-order chi connectivity index (χ1) is 12.8. The van der Waals surface area contributed by atoms with Crippen molar-refractivity contribution >= 4 is 5.91 Å². The number of rotatable bonds is 7. The van der Waals surface area contributed by atoms with Gasteiger partial charge in [0.15, 0.2) is 0 Å². The van der Waals surface area contributed by atoms with Crippen molar-refractivity contribution in [2.45, 2.75) is 44.6 Å². The van der Waals surface area contributed by atoms with E-state index in [4.69, 9.17) is 9.47 Å². The maximum absolute atomic E-state index is 12.9. The van der Waals surface area contributed by atoms with Crippen LogP contribution in [0.15, 0.2) is 43.1 Å². The van der Waals surface area contributed by atoms with Crippen molar-refractivity contribution in [1.82, 2.24) is 19.9 Å². The molecule has 3 heterocycles. The van der Waals surface area contributed by atoms with Gasteiger partial charge in [0.05, 0.1) is 42.8 Å². The number of carbonyl (C=O) groups excluding carboxylic acids is 1. The Morgan fingerprint density at radius 3 is 3.04 bits per heavy atom. The Morgan fingerprint density at radius 2 is 2.31 bits per heavy atom. The van der Waals surface area contributed by atoms with Crippen molar-refractivity contribution in [3.8, 4) is 0 Å². The van der Waals surface area contributed by atoms with Gasteiger partial charge >= 0.3 is 0 Å². The third-order valence-corrected chi connectivity index (χ3v) is 5.16. The van der Waals surface area contributed by atoms with Gasteiger partial charge in [-0.15, -0.1) is 0 Å². The highest BCUT2D eigenvalue weighted by atomic mass is 16.5. The number of hydrogen-bond acceptors (Lipinski definition) is 5. The molecule has 0 aromatic carbocycles. The molecule has 1 saturated heterocycles. The lowest BCUT2D eigenvalue weighted by Gasteiger charge is -2.33. The van der Waals surface area contributed by atoms with E-state index in [9.17, 15) is 4.79 Å². The summed E-state index contributed by atoms with van der Waals surface area (Å²) in [5.41, 5.74) is 0.576. The van der Waals surface area contributed by atoms with E-state index < -0.39 is 0 Å². The third-order valence-electron chi connectivity index (χ3n) is 5.16. The largest absolute Gasteiger partial charge is 0.379 e. The lowest BCUT2D eigenvalue weighted by Crippen LogP contribution is -2.52. The molecule has 1 aliphatic carbocycles. The van der Waals surface area contributed by atoms with Crippen LogP contribution in [0.3, 0.4) is 0 Å². The molecule has 2 aliphatic rings. The molecule has 0 bridgehead atoms. The van der Waals surface area contributed by atoms with E-state index in [0.29, 0.717) is 26.4 Å². The Morgan fingerprint density at radius 1 is 1.38 bits per heavy atom. The van der Waals surface area contributed by atoms with Gasteiger partial charge in [-0.3, -0.25) is 9.78 Å². The fourth-order valence-electron chi connectivity index (χ4n) is 3.39. The predicted octanol–water partition coefficient (Wildman–Crippen LogP) is 1.55. The Kier molecular flexibility index (Phi) is 4.99. The molecule has 1 N–H and O–H groups in total. The van der Waals surface area contributed by atoms with Gasteiger partial charge in [0.1, 0.15) is 0 Å². The summed E-state index contributed by atoms with van der Waals surface area (Å²) in [5, 5.41) is 3.18. The Balaban J connectivity index is 1.35. The molecule has 1 amide bonds. The maximum Gasteiger partial charge on any atom is 0.228 e. The summed E-state index contributed by atoms with van der Waals surface area (Å²) in [6, 6.07) is 5.65. The fraction of sp³-hybridized carbons (Fsp3) is 0.526. The average Bonchev–Trinajstić information content (AvgIpc) is 3.28. The van der Waals surface area contributed by atoms with E-state index in [1.54, 1.807) is 18.7 Å². The Hall–Kier alpha value is -2.25. The van der Waals surface area contributed by atoms with Crippen LogP contribution in [0.4, 0.5) is 0 Å². The SMILES string of the molecule is O=C(N[C@@H]1COCC[C@H]1OCc1ccccn1)C1(Cn2ccnc2)CC1. The van der Waals surface area contributed by atoms with E-state index in [1.165, 1.54) is 0 Å². The van der Waals surface area contributed by atoms with Gasteiger partial charge < -0.3 is 19.4 Å². The molecule has 4 rings (SSSR count). The number of pyridine rings is 1. The number of ether oxygens (including phenoxy) is 2. The number of nitrogens with one attached hydrogen (secondary N) is 1. The van der Waals surface area contributed by atoms with Crippen LogP contribution in [-0.2, 0) is 27.4 Å². The van der Waals surface area contributed by atoms with Crippen LogP contribution in [0, 0.1) is 5.41 Å². The Labute approximate surface area is 152 Å². The molecule has 0 radical (unpaired) electrons. The van der Waals surface area contributed by atoms with Crippen LogP contribution >= 0.6 is 0 Å². The van der Waals surface area contributed by atoms with Crippen LogP contribution in [-0.4, -0.2) is 45.8 Å². The number of amides is 1. The monoisotopic (exact) mass is 356 g/mol. The van der Waals surface area contributed by atoms with Gasteiger partial charge in [0.2, 0.25) is 5.91 Å². The molecule has 138 valence electrons. The van der Waals surface area contributed by atoms with Crippen molar-refractivity contribution in [2.24, 2.45) is 5.41 Å². The number of aromatic nitrogens is 3. The fourth-order valence-corrected chi connectivity index (χ4v) is 3.39. The zero-order valence-corrected chi connectivity index (χ0v) is 14.7. The molecule has 0 unspecified atom stereocenters. The van der Waals surface area contributed by atoms with Crippen LogP contribution < -0.4 is 5.32 Å². The van der Waals surface area contributed by atoms with Crippen molar-refractivity contribution in [3.05, 3.63) is 48.8 Å². The number of hydrogen-bond donors (Lipinski definition) is 1. The van der Waals surface area contributed by atoms with Gasteiger partial charge in [-0.25, -0.2) is 4.98 Å². The van der Waals surface area contributed by atoms with Gasteiger partial charge in [0, 0.05) is 31.7 Å². The smallest absolute Gasteiger partial charge is 0.228 e. The summed E-state index contributed by atoms with van der Waals surface area (Å²) in [4.78, 5) is 21.2. The van der Waals surface area contributed by atoms with Crippen LogP contribution in [0.25, 0.3) is 0 Å². The van der Waals surface area contributed by atoms with Crippen molar-refractivity contribution in [2.75, 3.05) is 13.2 Å². The minimum Gasteiger partial charge on any atom is -0.379 e. The van der Waals surface area contributed by atoms with Crippen molar-refractivity contribution in [1.29, 1.82) is 0 Å². The van der Waals surface area contributed by atoms with E-state index >= 15 is 0 Å². The first-order valence-corrected chi connectivity index (χ1v) is 9.11. The van der Waals surface area contributed by atoms with Crippen LogP contribution in [0.2, 0.25) is 0 Å². The molecule has 2 aromatic rings. The molecule has 0 spiro atoms. The second-order valence-electron chi connectivity index (χ2n) is 7.13. The third kappa shape index (κ3) is 3.94. The highest BCUT2D eigenvalue weighted by Crippen LogP contribution is 2.47. The first kappa shape index (κ1) is 17.2. The molecule has 2 aromatic heterocycles. The van der Waals surface area contributed by atoms with E-state index in [2.05, 4.69) is 15.3 Å². The van der Waals surface area contributed by atoms with E-state index in [1.807, 2.05) is 29.0 Å². The highest BCUT2D eigenvalue weighted by Gasteiger charge is 2.51. The molecule has 7 nitrogen and oxygen atoms in total. The van der Waals surface area contributed by atoms with Gasteiger partial charge in [-0.05, 0) is 31.4 Å². The number of carbonyl (C=O) groups is 1. The minimum absolute atomic E-state index is 0.0567. The zero-order chi connectivity index (χ0) is 17.8. The Bertz CT molecular complexity index is 716. The summed E-state index contributed by atoms with van der Waals surface area (Å²) >= 11 is 0. The lowest BCUT2D eigenvalue weighted by molar-refractivity contribution is -0.132. The molecule has 7 heteroatoms. The van der Waals surface area contributed by atoms with Crippen molar-refractivity contribution < 1.29 is 14.3 Å². The van der Waals surface area contributed by atoms with Gasteiger partial charge in [-0.2, -0.15) is 0 Å². The highest BCUT2D eigenvalue weighted by molar-refractivity contribution is 5.85. The van der Waals surface area contributed by atoms with Gasteiger partial charge in [0.25, 0.3) is 0 Å². The minimum atomic E-state index is -0.316. The summed E-state index contributed by atoms with van der Waals surface area (Å²) < 4.78 is 13.6. The predicted molar refractivity (Wildman–Crippen MR) is 94.1 cm³/mol. The summed E-state index contributed by atoms with van der Waals surface area (Å²) in [6.07, 6.45) is 9.68. The summed E-state index contributed by atoms with van der Waals surface area (Å²) in [5.74, 6) is 0.0909. The van der Waals surface area contributed by atoms with Crippen molar-refractivity contribution in [3.63, 3.8) is 0 Å². The van der Waals surface area contributed by atoms with E-state index in [0.717, 1.165) is 25.0 Å². The number of nitrogens with zero attached hydrogens (tertiary/aromatic N) is 3. The average molecular weight is 356 g/mol. The summed E-state index contributed by atoms with van der Waals surface area (Å²) in [7, 11) is 0. The second kappa shape index (κ2) is 7.55. The topological polar surface area (TPSA) is 78.3 Å². The molecular weight excluding hydrogens is 332 g/mol. The molecule has 1 saturated carbocycles. The normalized spacial score (nSPS) is 24.2. The quantitative estimate of drug-likeness (QED) is 0.814. The molecule has 26 heavy (non-hydrogen) atoms. The van der Waals surface area contributed by atoms with Crippen LogP contribution in [0.1, 0.15) is 25.0 Å². The van der Waals surface area contributed by atoms with Crippen LogP contribution in [0.5, 0.6) is 0 Å². The maximum atomic E-state index is 12.9. The second-order valence-corrected chi connectivity index (χ2v) is 7.13. The molecule has 2 atom stereocenters. The summed E-state index contributed by atoms with van der Waals surface area (Å²) in [6.45, 7) is 2.25. The standard InChI is InChI=1S/C19H24N4O3/c24-18(19(5-6-19)13-23-9-8-20-14-23)22-16-12-25-10-4-17(16)26-11-15-3-1-2-7-21-15/h1-3,7-9,14,16-17H,4-6,10-13H2,(H,22,24)/t16-,17-/m1/s1. The number of imidazole rings is 1. The van der Waals surface area contributed by atoms with E-state index in [-0.39, 0.29) is 23.5 Å².